The number of carbonyl (C=O) groups is 4. The lowest BCUT2D eigenvalue weighted by molar-refractivity contribution is -0.122. The minimum atomic E-state index is -0.765. The number of aromatic nitrogens is 1. The van der Waals surface area contributed by atoms with Gasteiger partial charge in [-0.1, -0.05) is 42.5 Å². The first-order valence-electron chi connectivity index (χ1n) is 13.0. The highest BCUT2D eigenvalue weighted by molar-refractivity contribution is 6.22. The summed E-state index contributed by atoms with van der Waals surface area (Å²) < 4.78 is 0. The van der Waals surface area contributed by atoms with E-state index in [1.807, 2.05) is 30.5 Å². The van der Waals surface area contributed by atoms with Crippen LogP contribution in [0.4, 0.5) is 4.79 Å². The number of amides is 5. The van der Waals surface area contributed by atoms with Crippen molar-refractivity contribution in [2.45, 2.75) is 19.0 Å². The van der Waals surface area contributed by atoms with Crippen molar-refractivity contribution in [3.8, 4) is 0 Å². The highest BCUT2D eigenvalue weighted by Gasteiger charge is 2.43. The molecule has 2 fully saturated rings. The standard InChI is InChI=1S/C29H28N6O4/c36-25-11-13-34(29(39)31-25)35-27(37)22-10-9-20(18-23(22)28(35)38)19-32-14-16-33(17-15-32)26(21-6-2-1-3-7-21)24-8-4-5-12-30-24/h1-10,12,18,26H,11,13-17,19H2,(H,31,36,39). The molecule has 10 nitrogen and oxygen atoms in total. The minimum Gasteiger partial charge on any atom is -0.297 e. The Labute approximate surface area is 225 Å². The van der Waals surface area contributed by atoms with E-state index in [2.05, 4.69) is 50.4 Å². The summed E-state index contributed by atoms with van der Waals surface area (Å²) >= 11 is 0. The second-order valence-corrected chi connectivity index (χ2v) is 9.91. The van der Waals surface area contributed by atoms with E-state index < -0.39 is 23.8 Å². The van der Waals surface area contributed by atoms with Crippen molar-refractivity contribution >= 4 is 23.8 Å². The number of benzene rings is 2. The fraction of sp³-hybridized carbons (Fsp3) is 0.276. The third-order valence-corrected chi connectivity index (χ3v) is 7.46. The zero-order valence-corrected chi connectivity index (χ0v) is 21.3. The first-order chi connectivity index (χ1) is 19.0. The Bertz CT molecular complexity index is 1380. The van der Waals surface area contributed by atoms with Gasteiger partial charge in [-0.15, -0.1) is 0 Å². The molecule has 39 heavy (non-hydrogen) atoms. The summed E-state index contributed by atoms with van der Waals surface area (Å²) in [5.41, 5.74) is 3.70. The summed E-state index contributed by atoms with van der Waals surface area (Å²) in [5, 5.41) is 4.01. The predicted octanol–water partition coefficient (Wildman–Crippen LogP) is 2.44. The molecule has 10 heteroatoms. The molecule has 3 aliphatic heterocycles. The van der Waals surface area contributed by atoms with Gasteiger partial charge in [0.15, 0.2) is 0 Å². The van der Waals surface area contributed by atoms with E-state index in [1.54, 1.807) is 12.1 Å². The van der Waals surface area contributed by atoms with Gasteiger partial charge in [-0.05, 0) is 35.4 Å². The van der Waals surface area contributed by atoms with Gasteiger partial charge in [-0.3, -0.25) is 34.5 Å². The number of fused-ring (bicyclic) bond motifs is 1. The summed E-state index contributed by atoms with van der Waals surface area (Å²) in [6, 6.07) is 21.0. The van der Waals surface area contributed by atoms with Crippen LogP contribution < -0.4 is 5.32 Å². The van der Waals surface area contributed by atoms with Crippen molar-refractivity contribution in [2.75, 3.05) is 32.7 Å². The molecule has 1 N–H and O–H groups in total. The third kappa shape index (κ3) is 4.80. The summed E-state index contributed by atoms with van der Waals surface area (Å²) in [6.45, 7) is 4.02. The molecule has 1 atom stereocenters. The number of hydrogen-bond donors (Lipinski definition) is 1. The minimum absolute atomic E-state index is 0.0181. The number of urea groups is 1. The number of carbonyl (C=O) groups excluding carboxylic acids is 4. The van der Waals surface area contributed by atoms with E-state index in [4.69, 9.17) is 0 Å². The molecule has 2 saturated heterocycles. The zero-order chi connectivity index (χ0) is 26.9. The zero-order valence-electron chi connectivity index (χ0n) is 21.3. The number of piperazine rings is 1. The van der Waals surface area contributed by atoms with E-state index in [0.717, 1.165) is 47.5 Å². The molecule has 3 aliphatic rings. The monoisotopic (exact) mass is 524 g/mol. The normalized spacial score (nSPS) is 19.3. The Balaban J connectivity index is 1.14. The fourth-order valence-corrected chi connectivity index (χ4v) is 5.52. The van der Waals surface area contributed by atoms with Gasteiger partial charge in [0.05, 0.1) is 29.4 Å². The van der Waals surface area contributed by atoms with Crippen molar-refractivity contribution in [2.24, 2.45) is 0 Å². The first-order valence-corrected chi connectivity index (χ1v) is 13.0. The number of nitrogens with zero attached hydrogens (tertiary/aromatic N) is 5. The Hall–Kier alpha value is -4.41. The number of hydrazine groups is 1. The van der Waals surface area contributed by atoms with Crippen molar-refractivity contribution in [1.82, 2.24) is 30.1 Å². The maximum Gasteiger partial charge on any atom is 0.343 e. The largest absolute Gasteiger partial charge is 0.343 e. The first kappa shape index (κ1) is 24.9. The van der Waals surface area contributed by atoms with Crippen LogP contribution in [0.3, 0.4) is 0 Å². The fourth-order valence-electron chi connectivity index (χ4n) is 5.52. The average Bonchev–Trinajstić information content (AvgIpc) is 3.20. The van der Waals surface area contributed by atoms with E-state index >= 15 is 0 Å². The number of pyridine rings is 1. The smallest absolute Gasteiger partial charge is 0.297 e. The van der Waals surface area contributed by atoms with Crippen LogP contribution in [0.15, 0.2) is 72.9 Å². The Kier molecular flexibility index (Phi) is 6.64. The molecule has 0 spiro atoms. The van der Waals surface area contributed by atoms with Crippen LogP contribution in [-0.4, -0.2) is 81.3 Å². The van der Waals surface area contributed by atoms with Gasteiger partial charge >= 0.3 is 6.03 Å². The molecule has 3 aromatic rings. The molecule has 6 rings (SSSR count). The van der Waals surface area contributed by atoms with Crippen molar-refractivity contribution in [3.05, 3.63) is 101 Å². The van der Waals surface area contributed by atoms with Crippen molar-refractivity contribution in [1.29, 1.82) is 0 Å². The Morgan fingerprint density at radius 3 is 2.26 bits per heavy atom. The van der Waals surface area contributed by atoms with Crippen molar-refractivity contribution < 1.29 is 19.2 Å². The Morgan fingerprint density at radius 2 is 1.54 bits per heavy atom. The van der Waals surface area contributed by atoms with Crippen LogP contribution in [0.1, 0.15) is 50.0 Å². The predicted molar refractivity (Wildman–Crippen MR) is 141 cm³/mol. The van der Waals surface area contributed by atoms with Crippen LogP contribution in [0.5, 0.6) is 0 Å². The Morgan fingerprint density at radius 1 is 0.795 bits per heavy atom. The van der Waals surface area contributed by atoms with Crippen LogP contribution in [0.2, 0.25) is 0 Å². The van der Waals surface area contributed by atoms with Gasteiger partial charge in [0.1, 0.15) is 0 Å². The lowest BCUT2D eigenvalue weighted by Crippen LogP contribution is -2.58. The topological polar surface area (TPSA) is 106 Å². The van der Waals surface area contributed by atoms with Gasteiger partial charge in [-0.2, -0.15) is 5.01 Å². The van der Waals surface area contributed by atoms with Gasteiger partial charge in [0.2, 0.25) is 5.91 Å². The maximum absolute atomic E-state index is 13.1. The average molecular weight is 525 g/mol. The van der Waals surface area contributed by atoms with Crippen LogP contribution in [0.25, 0.3) is 0 Å². The van der Waals surface area contributed by atoms with Gasteiger partial charge in [0, 0.05) is 45.3 Å². The molecule has 0 bridgehead atoms. The number of hydrogen-bond acceptors (Lipinski definition) is 7. The molecule has 2 aromatic carbocycles. The molecular weight excluding hydrogens is 496 g/mol. The summed E-state index contributed by atoms with van der Waals surface area (Å²) in [7, 11) is 0. The highest BCUT2D eigenvalue weighted by Crippen LogP contribution is 2.30. The van der Waals surface area contributed by atoms with E-state index in [9.17, 15) is 19.2 Å². The summed E-state index contributed by atoms with van der Waals surface area (Å²) in [4.78, 5) is 59.3. The molecule has 5 amide bonds. The van der Waals surface area contributed by atoms with Gasteiger partial charge < -0.3 is 0 Å². The maximum atomic E-state index is 13.1. The summed E-state index contributed by atoms with van der Waals surface area (Å²) in [5.74, 6) is -1.53. The molecule has 1 unspecified atom stereocenters. The molecule has 0 saturated carbocycles. The van der Waals surface area contributed by atoms with Gasteiger partial charge in [0.25, 0.3) is 11.8 Å². The lowest BCUT2D eigenvalue weighted by atomic mass is 10.00. The molecule has 1 aromatic heterocycles. The molecular formula is C29H28N6O4. The molecule has 0 aliphatic carbocycles. The quantitative estimate of drug-likeness (QED) is 0.494. The van der Waals surface area contributed by atoms with E-state index in [-0.39, 0.29) is 30.1 Å². The molecule has 0 radical (unpaired) electrons. The highest BCUT2D eigenvalue weighted by atomic mass is 16.2. The number of rotatable bonds is 6. The second-order valence-electron chi connectivity index (χ2n) is 9.91. The molecule has 198 valence electrons. The van der Waals surface area contributed by atoms with Crippen molar-refractivity contribution in [3.63, 3.8) is 0 Å². The number of nitrogens with one attached hydrogen (secondary N) is 1. The van der Waals surface area contributed by atoms with Crippen LogP contribution in [0, 0.1) is 0 Å². The van der Waals surface area contributed by atoms with Crippen LogP contribution in [-0.2, 0) is 11.3 Å². The van der Waals surface area contributed by atoms with E-state index in [0.29, 0.717) is 6.54 Å². The number of imide groups is 2. The van der Waals surface area contributed by atoms with E-state index in [1.165, 1.54) is 5.56 Å². The molecule has 4 heterocycles. The second kappa shape index (κ2) is 10.4. The third-order valence-electron chi connectivity index (χ3n) is 7.46. The van der Waals surface area contributed by atoms with Gasteiger partial charge in [-0.25, -0.2) is 9.80 Å². The van der Waals surface area contributed by atoms with Crippen LogP contribution >= 0.6 is 0 Å². The lowest BCUT2D eigenvalue weighted by Gasteiger charge is -2.39. The summed E-state index contributed by atoms with van der Waals surface area (Å²) in [6.07, 6.45) is 1.86. The SMILES string of the molecule is O=C1CCN(N2C(=O)c3ccc(CN4CCN(C(c5ccccc5)c5ccccn5)CC4)cc3C2=O)C(=O)N1.